The molecule has 1 aromatic carbocycles. The third-order valence-electron chi connectivity index (χ3n) is 3.16. The lowest BCUT2D eigenvalue weighted by Gasteiger charge is -2.07. The van der Waals surface area contributed by atoms with Crippen LogP contribution in [0.25, 0.3) is 0 Å². The van der Waals surface area contributed by atoms with Crippen LogP contribution in [-0.4, -0.2) is 28.2 Å². The maximum atomic E-state index is 12.0. The van der Waals surface area contributed by atoms with Gasteiger partial charge in [-0.25, -0.2) is 4.98 Å². The molecule has 1 amide bonds. The van der Waals surface area contributed by atoms with Crippen molar-refractivity contribution in [3.8, 4) is 5.75 Å². The number of nitrogens with one attached hydrogen (secondary N) is 2. The Morgan fingerprint density at radius 1 is 1.30 bits per heavy atom. The number of nitrogens with zero attached hydrogens (tertiary/aromatic N) is 1. The van der Waals surface area contributed by atoms with Gasteiger partial charge in [0.2, 0.25) is 5.91 Å². The molecule has 0 aliphatic heterocycles. The largest absolute Gasteiger partial charge is 0.494 e. The van der Waals surface area contributed by atoms with Crippen LogP contribution in [0.2, 0.25) is 0 Å². The van der Waals surface area contributed by atoms with Gasteiger partial charge in [0.25, 0.3) is 5.56 Å². The van der Waals surface area contributed by atoms with E-state index >= 15 is 0 Å². The van der Waals surface area contributed by atoms with Gasteiger partial charge in [0, 0.05) is 16.9 Å². The molecule has 0 radical (unpaired) electrons. The van der Waals surface area contributed by atoms with Gasteiger partial charge in [-0.15, -0.1) is 0 Å². The number of aryl methyl sites for hydroxylation is 1. The van der Waals surface area contributed by atoms with Gasteiger partial charge < -0.3 is 15.0 Å². The van der Waals surface area contributed by atoms with Crippen molar-refractivity contribution in [2.75, 3.05) is 17.7 Å². The molecule has 0 atom stereocenters. The molecule has 0 saturated heterocycles. The zero-order valence-electron chi connectivity index (χ0n) is 13.3. The second kappa shape index (κ2) is 7.82. The summed E-state index contributed by atoms with van der Waals surface area (Å²) in [4.78, 5) is 30.5. The SMILES string of the molecule is CCOc1ccc(NC(=O)CSc2nc(C)c(C)c(=O)[nH]2)cc1. The number of amides is 1. The van der Waals surface area contributed by atoms with Crippen molar-refractivity contribution in [2.24, 2.45) is 0 Å². The Morgan fingerprint density at radius 3 is 2.61 bits per heavy atom. The van der Waals surface area contributed by atoms with E-state index in [1.54, 1.807) is 38.1 Å². The maximum Gasteiger partial charge on any atom is 0.254 e. The summed E-state index contributed by atoms with van der Waals surface area (Å²) in [7, 11) is 0. The van der Waals surface area contributed by atoms with Crippen molar-refractivity contribution >= 4 is 23.4 Å². The minimum absolute atomic E-state index is 0.165. The summed E-state index contributed by atoms with van der Waals surface area (Å²) >= 11 is 1.19. The predicted molar refractivity (Wildman–Crippen MR) is 91.3 cm³/mol. The fourth-order valence-electron chi connectivity index (χ4n) is 1.82. The lowest BCUT2D eigenvalue weighted by atomic mass is 10.3. The number of anilines is 1. The highest BCUT2D eigenvalue weighted by Crippen LogP contribution is 2.17. The van der Waals surface area contributed by atoms with E-state index in [0.717, 1.165) is 5.75 Å². The fourth-order valence-corrected chi connectivity index (χ4v) is 2.53. The van der Waals surface area contributed by atoms with E-state index in [0.29, 0.717) is 28.7 Å². The van der Waals surface area contributed by atoms with Crippen LogP contribution in [0, 0.1) is 13.8 Å². The third kappa shape index (κ3) is 4.85. The van der Waals surface area contributed by atoms with Crippen molar-refractivity contribution in [2.45, 2.75) is 25.9 Å². The van der Waals surface area contributed by atoms with Gasteiger partial charge in [0.15, 0.2) is 5.16 Å². The highest BCUT2D eigenvalue weighted by atomic mass is 32.2. The molecule has 0 unspecified atom stereocenters. The van der Waals surface area contributed by atoms with Crippen LogP contribution in [0.5, 0.6) is 5.75 Å². The average Bonchev–Trinajstić information content (AvgIpc) is 2.52. The summed E-state index contributed by atoms with van der Waals surface area (Å²) in [5.74, 6) is 0.760. The Kier molecular flexibility index (Phi) is 5.81. The molecule has 0 aliphatic carbocycles. The van der Waals surface area contributed by atoms with Crippen LogP contribution in [0.3, 0.4) is 0 Å². The molecule has 1 heterocycles. The number of hydrogen-bond donors (Lipinski definition) is 2. The van der Waals surface area contributed by atoms with Crippen LogP contribution < -0.4 is 15.6 Å². The molecule has 2 aromatic rings. The topological polar surface area (TPSA) is 84.1 Å². The van der Waals surface area contributed by atoms with Crippen molar-refractivity contribution in [1.29, 1.82) is 0 Å². The molecule has 6 nitrogen and oxygen atoms in total. The number of aromatic amines is 1. The molecular formula is C16H19N3O3S. The minimum Gasteiger partial charge on any atom is -0.494 e. The number of carbonyl (C=O) groups excluding carboxylic acids is 1. The summed E-state index contributed by atoms with van der Waals surface area (Å²) < 4.78 is 5.34. The fraction of sp³-hybridized carbons (Fsp3) is 0.312. The molecule has 2 rings (SSSR count). The van der Waals surface area contributed by atoms with Gasteiger partial charge in [0.05, 0.1) is 12.4 Å². The maximum absolute atomic E-state index is 12.0. The summed E-state index contributed by atoms with van der Waals surface area (Å²) in [6.45, 7) is 6.00. The standard InChI is InChI=1S/C16H19N3O3S/c1-4-22-13-7-5-12(6-8-13)18-14(20)9-23-16-17-11(3)10(2)15(21)19-16/h5-8H,4,9H2,1-3H3,(H,18,20)(H,17,19,21). The highest BCUT2D eigenvalue weighted by Gasteiger charge is 2.08. The number of benzene rings is 1. The Balaban J connectivity index is 1.91. The van der Waals surface area contributed by atoms with E-state index < -0.39 is 0 Å². The summed E-state index contributed by atoms with van der Waals surface area (Å²) in [6, 6.07) is 7.16. The second-order valence-corrected chi connectivity index (χ2v) is 5.84. The lowest BCUT2D eigenvalue weighted by Crippen LogP contribution is -2.17. The molecule has 0 spiro atoms. The van der Waals surface area contributed by atoms with E-state index in [1.807, 2.05) is 6.92 Å². The molecule has 0 bridgehead atoms. The summed E-state index contributed by atoms with van der Waals surface area (Å²) in [5, 5.41) is 3.23. The Morgan fingerprint density at radius 2 is 2.00 bits per heavy atom. The van der Waals surface area contributed by atoms with Gasteiger partial charge in [-0.3, -0.25) is 9.59 Å². The lowest BCUT2D eigenvalue weighted by molar-refractivity contribution is -0.113. The zero-order chi connectivity index (χ0) is 16.8. The first-order valence-corrected chi connectivity index (χ1v) is 8.21. The second-order valence-electron chi connectivity index (χ2n) is 4.88. The Bertz CT molecular complexity index is 741. The molecule has 0 fully saturated rings. The summed E-state index contributed by atoms with van der Waals surface area (Å²) in [6.07, 6.45) is 0. The Labute approximate surface area is 138 Å². The van der Waals surface area contributed by atoms with Gasteiger partial charge in [-0.05, 0) is 45.0 Å². The number of rotatable bonds is 6. The van der Waals surface area contributed by atoms with E-state index in [-0.39, 0.29) is 17.2 Å². The van der Waals surface area contributed by atoms with Gasteiger partial charge in [0.1, 0.15) is 5.75 Å². The predicted octanol–water partition coefficient (Wildman–Crippen LogP) is 2.52. The van der Waals surface area contributed by atoms with Crippen LogP contribution >= 0.6 is 11.8 Å². The quantitative estimate of drug-likeness (QED) is 0.627. The first kappa shape index (κ1) is 17.1. The van der Waals surface area contributed by atoms with Gasteiger partial charge >= 0.3 is 0 Å². The molecule has 0 saturated carbocycles. The van der Waals surface area contributed by atoms with E-state index in [2.05, 4.69) is 15.3 Å². The number of aromatic nitrogens is 2. The van der Waals surface area contributed by atoms with E-state index in [4.69, 9.17) is 4.74 Å². The van der Waals surface area contributed by atoms with Crippen molar-refractivity contribution in [3.63, 3.8) is 0 Å². The number of hydrogen-bond acceptors (Lipinski definition) is 5. The van der Waals surface area contributed by atoms with Crippen LogP contribution in [0.15, 0.2) is 34.2 Å². The number of thioether (sulfide) groups is 1. The first-order chi connectivity index (χ1) is 11.0. The van der Waals surface area contributed by atoms with Crippen LogP contribution in [0.4, 0.5) is 5.69 Å². The molecule has 7 heteroatoms. The molecule has 0 aliphatic rings. The van der Waals surface area contributed by atoms with E-state index in [1.165, 1.54) is 11.8 Å². The zero-order valence-corrected chi connectivity index (χ0v) is 14.1. The van der Waals surface area contributed by atoms with Crippen molar-refractivity contribution < 1.29 is 9.53 Å². The normalized spacial score (nSPS) is 10.4. The third-order valence-corrected chi connectivity index (χ3v) is 4.04. The molecule has 2 N–H and O–H groups in total. The van der Waals surface area contributed by atoms with Crippen LogP contribution in [-0.2, 0) is 4.79 Å². The number of carbonyl (C=O) groups is 1. The number of ether oxygens (including phenoxy) is 1. The average molecular weight is 333 g/mol. The first-order valence-electron chi connectivity index (χ1n) is 7.22. The van der Waals surface area contributed by atoms with Crippen LogP contribution in [0.1, 0.15) is 18.2 Å². The highest BCUT2D eigenvalue weighted by molar-refractivity contribution is 7.99. The Hall–Kier alpha value is -2.28. The molecule has 23 heavy (non-hydrogen) atoms. The monoisotopic (exact) mass is 333 g/mol. The van der Waals surface area contributed by atoms with Gasteiger partial charge in [-0.1, -0.05) is 11.8 Å². The number of H-pyrrole nitrogens is 1. The van der Waals surface area contributed by atoms with E-state index in [9.17, 15) is 9.59 Å². The molecule has 1 aromatic heterocycles. The minimum atomic E-state index is -0.174. The van der Waals surface area contributed by atoms with Crippen molar-refractivity contribution in [3.05, 3.63) is 45.9 Å². The van der Waals surface area contributed by atoms with Crippen molar-refractivity contribution in [1.82, 2.24) is 9.97 Å². The molecule has 122 valence electrons. The summed E-state index contributed by atoms with van der Waals surface area (Å²) in [5.41, 5.74) is 1.78. The van der Waals surface area contributed by atoms with Gasteiger partial charge in [-0.2, -0.15) is 0 Å². The smallest absolute Gasteiger partial charge is 0.254 e. The molecular weight excluding hydrogens is 314 g/mol.